The lowest BCUT2D eigenvalue weighted by molar-refractivity contribution is 0.0523. The number of nitrogen functional groups attached to an aromatic ring is 1. The van der Waals surface area contributed by atoms with E-state index in [1.807, 2.05) is 0 Å². The van der Waals surface area contributed by atoms with Crippen LogP contribution in [0.3, 0.4) is 0 Å². The molecule has 1 rings (SSSR count). The van der Waals surface area contributed by atoms with E-state index in [4.69, 9.17) is 10.5 Å². The van der Waals surface area contributed by atoms with Crippen LogP contribution in [0.5, 0.6) is 0 Å². The molecule has 0 aliphatic heterocycles. The summed E-state index contributed by atoms with van der Waals surface area (Å²) in [6, 6.07) is 0. The Bertz CT molecular complexity index is 737. The Morgan fingerprint density at radius 1 is 1.17 bits per heavy atom. The molecule has 0 saturated carbocycles. The highest BCUT2D eigenvalue weighted by atomic mass is 32.3. The number of rotatable bonds is 3. The fourth-order valence-electron chi connectivity index (χ4n) is 2.37. The number of nitrogens with one attached hydrogen (secondary N) is 1. The summed E-state index contributed by atoms with van der Waals surface area (Å²) in [6.45, 7) is 9.78. The first-order valence-electron chi connectivity index (χ1n) is 7.05. The van der Waals surface area contributed by atoms with Gasteiger partial charge < -0.3 is 15.8 Å². The molecule has 130 valence electrons. The minimum atomic E-state index is -4.92. The van der Waals surface area contributed by atoms with Crippen molar-refractivity contribution in [1.82, 2.24) is 5.32 Å². The zero-order valence-corrected chi connectivity index (χ0v) is 15.0. The minimum absolute atomic E-state index is 0.0143. The molecule has 0 atom stereocenters. The van der Waals surface area contributed by atoms with Gasteiger partial charge in [-0.25, -0.2) is 4.79 Å². The number of hydrogen-bond donors (Lipinski definition) is 2. The molecule has 1 amide bonds. The lowest BCUT2D eigenvalue weighted by Crippen LogP contribution is -2.32. The van der Waals surface area contributed by atoms with Crippen molar-refractivity contribution in [2.24, 2.45) is 0 Å². The molecule has 3 N–H and O–H groups in total. The van der Waals surface area contributed by atoms with E-state index in [1.165, 1.54) is 13.8 Å². The van der Waals surface area contributed by atoms with Gasteiger partial charge in [0.1, 0.15) is 10.5 Å². The van der Waals surface area contributed by atoms with Crippen molar-refractivity contribution >= 4 is 22.0 Å². The van der Waals surface area contributed by atoms with Crippen LogP contribution >= 0.6 is 0 Å². The first-order valence-corrected chi connectivity index (χ1v) is 8.43. The molecule has 0 saturated heterocycles. The smallest absolute Gasteiger partial charge is 0.407 e. The normalized spacial score (nSPS) is 12.1. The number of nitrogens with two attached hydrogens (primary N) is 1. The van der Waals surface area contributed by atoms with Gasteiger partial charge in [0.25, 0.3) is 0 Å². The van der Waals surface area contributed by atoms with Crippen LogP contribution in [-0.4, -0.2) is 20.1 Å². The Kier molecular flexibility index (Phi) is 5.30. The molecule has 6 nitrogen and oxygen atoms in total. The number of hydrogen-bond acceptors (Lipinski definition) is 5. The Hall–Kier alpha value is -1.83. The van der Waals surface area contributed by atoms with Crippen LogP contribution in [0.25, 0.3) is 0 Å². The molecule has 0 bridgehead atoms. The Labute approximate surface area is 136 Å². The lowest BCUT2D eigenvalue weighted by atomic mass is 9.97. The van der Waals surface area contributed by atoms with Gasteiger partial charge in [0.2, 0.25) is 0 Å². The van der Waals surface area contributed by atoms with Crippen LogP contribution in [0.1, 0.15) is 43.0 Å². The molecule has 1 aromatic carbocycles. The van der Waals surface area contributed by atoms with Gasteiger partial charge in [0.15, 0.2) is 0 Å². The predicted molar refractivity (Wildman–Crippen MR) is 86.4 cm³/mol. The SMILES string of the molecule is Cc1c(N)c(C)c(S(=O)(=O)F)c(C)c1CNC(=O)OC(C)(C)C. The quantitative estimate of drug-likeness (QED) is 0.648. The van der Waals surface area contributed by atoms with Gasteiger partial charge in [-0.15, -0.1) is 3.89 Å². The molecule has 0 heterocycles. The summed E-state index contributed by atoms with van der Waals surface area (Å²) in [5.74, 6) is 0. The van der Waals surface area contributed by atoms with Gasteiger partial charge in [0, 0.05) is 12.2 Å². The average molecular weight is 346 g/mol. The third-order valence-corrected chi connectivity index (χ3v) is 4.55. The lowest BCUT2D eigenvalue weighted by Gasteiger charge is -2.21. The number of amides is 1. The van der Waals surface area contributed by atoms with Gasteiger partial charge >= 0.3 is 16.3 Å². The maximum Gasteiger partial charge on any atom is 0.407 e. The third-order valence-electron chi connectivity index (χ3n) is 3.45. The second-order valence-electron chi connectivity index (χ2n) is 6.39. The Morgan fingerprint density at radius 2 is 1.70 bits per heavy atom. The van der Waals surface area contributed by atoms with Gasteiger partial charge in [-0.2, -0.15) is 8.42 Å². The highest BCUT2D eigenvalue weighted by molar-refractivity contribution is 7.86. The molecular formula is C15H23FN2O4S. The highest BCUT2D eigenvalue weighted by Gasteiger charge is 2.25. The van der Waals surface area contributed by atoms with E-state index in [1.54, 1.807) is 27.7 Å². The summed E-state index contributed by atoms with van der Waals surface area (Å²) < 4.78 is 41.4. The Morgan fingerprint density at radius 3 is 2.13 bits per heavy atom. The topological polar surface area (TPSA) is 98.5 Å². The number of carbonyl (C=O) groups excluding carboxylic acids is 1. The van der Waals surface area contributed by atoms with Gasteiger partial charge in [-0.1, -0.05) is 0 Å². The van der Waals surface area contributed by atoms with E-state index in [0.29, 0.717) is 11.1 Å². The summed E-state index contributed by atoms with van der Waals surface area (Å²) in [7, 11) is -4.92. The molecule has 0 fully saturated rings. The number of anilines is 1. The van der Waals surface area contributed by atoms with E-state index in [-0.39, 0.29) is 23.4 Å². The number of carbonyl (C=O) groups is 1. The molecule has 23 heavy (non-hydrogen) atoms. The van der Waals surface area contributed by atoms with E-state index >= 15 is 0 Å². The van der Waals surface area contributed by atoms with Crippen molar-refractivity contribution < 1.29 is 21.8 Å². The molecule has 0 unspecified atom stereocenters. The maximum absolute atomic E-state index is 13.6. The van der Waals surface area contributed by atoms with Gasteiger partial charge in [-0.05, 0) is 63.8 Å². The minimum Gasteiger partial charge on any atom is -0.444 e. The Balaban J connectivity index is 3.23. The monoisotopic (exact) mass is 346 g/mol. The summed E-state index contributed by atoms with van der Waals surface area (Å²) in [5, 5.41) is 2.53. The standard InChI is InChI=1S/C15H23FN2O4S/c1-8-11(7-18-14(19)22-15(4,5)6)9(2)13(23(16,20)21)10(3)12(8)17/h7,17H2,1-6H3,(H,18,19). The summed E-state index contributed by atoms with van der Waals surface area (Å²) in [5.41, 5.74) is 6.86. The molecule has 0 spiro atoms. The molecule has 0 aliphatic rings. The average Bonchev–Trinajstić information content (AvgIpc) is 2.32. The number of benzene rings is 1. The zero-order valence-electron chi connectivity index (χ0n) is 14.2. The van der Waals surface area contributed by atoms with E-state index in [2.05, 4.69) is 5.32 Å². The molecular weight excluding hydrogens is 323 g/mol. The van der Waals surface area contributed by atoms with E-state index in [0.717, 1.165) is 0 Å². The van der Waals surface area contributed by atoms with Crippen molar-refractivity contribution in [3.8, 4) is 0 Å². The number of ether oxygens (including phenoxy) is 1. The van der Waals surface area contributed by atoms with Crippen LogP contribution in [0.4, 0.5) is 14.4 Å². The zero-order chi connectivity index (χ0) is 18.2. The summed E-state index contributed by atoms with van der Waals surface area (Å²) >= 11 is 0. The summed E-state index contributed by atoms with van der Waals surface area (Å²) in [4.78, 5) is 11.3. The fraction of sp³-hybridized carbons (Fsp3) is 0.533. The van der Waals surface area contributed by atoms with E-state index in [9.17, 15) is 17.1 Å². The van der Waals surface area contributed by atoms with Gasteiger partial charge in [0.05, 0.1) is 0 Å². The fourth-order valence-corrected chi connectivity index (χ4v) is 3.34. The first kappa shape index (κ1) is 19.2. The van der Waals surface area contributed by atoms with Crippen LogP contribution in [0, 0.1) is 20.8 Å². The first-order chi connectivity index (χ1) is 10.3. The van der Waals surface area contributed by atoms with E-state index < -0.39 is 26.8 Å². The maximum atomic E-state index is 13.6. The summed E-state index contributed by atoms with van der Waals surface area (Å²) in [6.07, 6.45) is -0.653. The predicted octanol–water partition coefficient (Wildman–Crippen LogP) is 2.88. The van der Waals surface area contributed by atoms with Crippen LogP contribution < -0.4 is 11.1 Å². The largest absolute Gasteiger partial charge is 0.444 e. The van der Waals surface area contributed by atoms with Crippen molar-refractivity contribution in [1.29, 1.82) is 0 Å². The van der Waals surface area contributed by atoms with Crippen LogP contribution in [-0.2, 0) is 21.5 Å². The number of halogens is 1. The molecule has 8 heteroatoms. The second-order valence-corrected chi connectivity index (χ2v) is 7.67. The molecule has 0 radical (unpaired) electrons. The molecule has 1 aromatic rings. The number of alkyl carbamates (subject to hydrolysis) is 1. The second kappa shape index (κ2) is 6.35. The highest BCUT2D eigenvalue weighted by Crippen LogP contribution is 2.33. The van der Waals surface area contributed by atoms with Crippen molar-refractivity contribution in [3.63, 3.8) is 0 Å². The molecule has 0 aromatic heterocycles. The van der Waals surface area contributed by atoms with Crippen LogP contribution in [0.2, 0.25) is 0 Å². The van der Waals surface area contributed by atoms with Crippen molar-refractivity contribution in [3.05, 3.63) is 22.3 Å². The molecule has 0 aliphatic carbocycles. The van der Waals surface area contributed by atoms with Gasteiger partial charge in [-0.3, -0.25) is 0 Å². The van der Waals surface area contributed by atoms with Crippen LogP contribution in [0.15, 0.2) is 4.90 Å². The van der Waals surface area contributed by atoms with Crippen molar-refractivity contribution in [2.45, 2.75) is 58.6 Å². The third kappa shape index (κ3) is 4.57. The van der Waals surface area contributed by atoms with Crippen molar-refractivity contribution in [2.75, 3.05) is 5.73 Å².